The molecule has 3 rings (SSSR count). The van der Waals surface area contributed by atoms with Gasteiger partial charge in [-0.2, -0.15) is 0 Å². The van der Waals surface area contributed by atoms with Gasteiger partial charge in [0.1, 0.15) is 5.60 Å². The van der Waals surface area contributed by atoms with Gasteiger partial charge in [-0.1, -0.05) is 13.0 Å². The van der Waals surface area contributed by atoms with Gasteiger partial charge in [0.15, 0.2) is 5.78 Å². The lowest BCUT2D eigenvalue weighted by molar-refractivity contribution is -0.144. The van der Waals surface area contributed by atoms with Crippen molar-refractivity contribution in [1.29, 1.82) is 0 Å². The molecule has 2 nitrogen and oxygen atoms in total. The normalized spacial score (nSPS) is 52.7. The van der Waals surface area contributed by atoms with Crippen LogP contribution in [0.3, 0.4) is 0 Å². The van der Waals surface area contributed by atoms with E-state index in [-0.39, 0.29) is 17.3 Å². The quantitative estimate of drug-likeness (QED) is 0.565. The number of hydrogen-bond acceptors (Lipinski definition) is 2. The first-order valence-corrected chi connectivity index (χ1v) is 5.07. The van der Waals surface area contributed by atoms with Crippen molar-refractivity contribution in [2.75, 3.05) is 0 Å². The Hall–Kier alpha value is -0.630. The van der Waals surface area contributed by atoms with Crippen LogP contribution in [0.5, 0.6) is 0 Å². The molecule has 0 aromatic rings. The minimum atomic E-state index is -0.424. The Kier molecular flexibility index (Phi) is 1.23. The average Bonchev–Trinajstić information content (AvgIpc) is 2.47. The van der Waals surface area contributed by atoms with Crippen molar-refractivity contribution in [2.24, 2.45) is 5.41 Å². The van der Waals surface area contributed by atoms with E-state index < -0.39 is 5.60 Å². The number of hydrogen-bond donors (Lipinski definition) is 0. The smallest absolute Gasteiger partial charge is 0.187 e. The predicted octanol–water partition coefficient (Wildman–Crippen LogP) is 1.84. The van der Waals surface area contributed by atoms with E-state index in [1.807, 2.05) is 6.08 Å². The van der Waals surface area contributed by atoms with Crippen molar-refractivity contribution in [1.82, 2.24) is 0 Å². The molecular weight excluding hydrogens is 164 g/mol. The van der Waals surface area contributed by atoms with Crippen LogP contribution < -0.4 is 0 Å². The molecule has 1 saturated heterocycles. The van der Waals surface area contributed by atoms with Crippen LogP contribution in [0.2, 0.25) is 0 Å². The van der Waals surface area contributed by atoms with Crippen molar-refractivity contribution in [3.05, 3.63) is 12.2 Å². The van der Waals surface area contributed by atoms with Crippen molar-refractivity contribution >= 4 is 5.78 Å². The maximum Gasteiger partial charge on any atom is 0.187 e. The maximum absolute atomic E-state index is 11.8. The molecule has 0 unspecified atom stereocenters. The van der Waals surface area contributed by atoms with E-state index in [0.717, 1.165) is 25.7 Å². The lowest BCUT2D eigenvalue weighted by Gasteiger charge is -2.34. The van der Waals surface area contributed by atoms with Gasteiger partial charge in [-0.25, -0.2) is 0 Å². The summed E-state index contributed by atoms with van der Waals surface area (Å²) in [6.45, 7) is 2.21. The first-order valence-electron chi connectivity index (χ1n) is 5.07. The number of ketones is 1. The zero-order valence-corrected chi connectivity index (χ0v) is 7.88. The highest BCUT2D eigenvalue weighted by Gasteiger charge is 2.63. The number of fused-ring (bicyclic) bond motifs is 1. The second-order valence-electron chi connectivity index (χ2n) is 4.83. The van der Waals surface area contributed by atoms with Crippen LogP contribution in [0.25, 0.3) is 0 Å². The fourth-order valence-corrected chi connectivity index (χ4v) is 3.36. The largest absolute Gasteiger partial charge is 0.359 e. The molecule has 0 radical (unpaired) electrons. The van der Waals surface area contributed by atoms with E-state index in [9.17, 15) is 4.79 Å². The average molecular weight is 178 g/mol. The van der Waals surface area contributed by atoms with E-state index in [4.69, 9.17) is 4.74 Å². The van der Waals surface area contributed by atoms with Crippen molar-refractivity contribution in [3.63, 3.8) is 0 Å². The summed E-state index contributed by atoms with van der Waals surface area (Å²) >= 11 is 0. The topological polar surface area (TPSA) is 26.3 Å². The molecule has 1 saturated carbocycles. The van der Waals surface area contributed by atoms with Crippen LogP contribution in [0.1, 0.15) is 32.6 Å². The highest BCUT2D eigenvalue weighted by Crippen LogP contribution is 2.59. The van der Waals surface area contributed by atoms with Gasteiger partial charge in [0.25, 0.3) is 0 Å². The van der Waals surface area contributed by atoms with Gasteiger partial charge in [-0.3, -0.25) is 4.79 Å². The van der Waals surface area contributed by atoms with E-state index in [1.165, 1.54) is 0 Å². The number of carbonyl (C=O) groups excluding carboxylic acids is 1. The third-order valence-corrected chi connectivity index (χ3v) is 4.10. The van der Waals surface area contributed by atoms with Crippen molar-refractivity contribution < 1.29 is 9.53 Å². The van der Waals surface area contributed by atoms with Crippen LogP contribution in [-0.2, 0) is 9.53 Å². The van der Waals surface area contributed by atoms with Gasteiger partial charge in [0.05, 0.1) is 6.10 Å². The summed E-state index contributed by atoms with van der Waals surface area (Å²) in [5, 5.41) is 0. The van der Waals surface area contributed by atoms with Gasteiger partial charge in [0.2, 0.25) is 0 Å². The molecule has 1 aliphatic carbocycles. The molecule has 0 aromatic carbocycles. The summed E-state index contributed by atoms with van der Waals surface area (Å²) in [4.78, 5) is 11.8. The lowest BCUT2D eigenvalue weighted by atomic mass is 9.74. The highest BCUT2D eigenvalue weighted by atomic mass is 16.5. The van der Waals surface area contributed by atoms with Crippen molar-refractivity contribution in [3.8, 4) is 0 Å². The Morgan fingerprint density at radius 2 is 2.38 bits per heavy atom. The standard InChI is InChI=1S/C11H14O2/c1-10-5-2-6-11(10)9(12)4-3-8(7-10)13-11/h3-4,8H,2,5-7H2,1H3/t8-,10-,11+/m0/s1. The molecule has 70 valence electrons. The predicted molar refractivity (Wildman–Crippen MR) is 48.3 cm³/mol. The number of rotatable bonds is 0. The highest BCUT2D eigenvalue weighted by molar-refractivity contribution is 5.99. The molecule has 0 amide bonds. The molecule has 3 aliphatic rings. The summed E-state index contributed by atoms with van der Waals surface area (Å²) in [5.74, 6) is 0.209. The second kappa shape index (κ2) is 2.06. The molecular formula is C11H14O2. The lowest BCUT2D eigenvalue weighted by Crippen LogP contribution is -2.46. The molecule has 2 bridgehead atoms. The summed E-state index contributed by atoms with van der Waals surface area (Å²) < 4.78 is 5.89. The first-order chi connectivity index (χ1) is 6.16. The molecule has 1 spiro atoms. The molecule has 0 N–H and O–H groups in total. The van der Waals surface area contributed by atoms with E-state index in [0.29, 0.717) is 0 Å². The van der Waals surface area contributed by atoms with E-state index >= 15 is 0 Å². The zero-order chi connectivity index (χ0) is 9.10. The van der Waals surface area contributed by atoms with Crippen LogP contribution in [0, 0.1) is 5.41 Å². The Bertz CT molecular complexity index is 307. The van der Waals surface area contributed by atoms with Crippen molar-refractivity contribution in [2.45, 2.75) is 44.3 Å². The number of carbonyl (C=O) groups is 1. The summed E-state index contributed by atoms with van der Waals surface area (Å²) in [6, 6.07) is 0. The van der Waals surface area contributed by atoms with E-state index in [1.54, 1.807) is 6.08 Å². The molecule has 2 heteroatoms. The zero-order valence-electron chi connectivity index (χ0n) is 7.88. The summed E-state index contributed by atoms with van der Waals surface area (Å²) in [5.41, 5.74) is -0.301. The van der Waals surface area contributed by atoms with Gasteiger partial charge in [-0.05, 0) is 31.8 Å². The molecule has 0 aromatic heterocycles. The monoisotopic (exact) mass is 178 g/mol. The minimum Gasteiger partial charge on any atom is -0.359 e. The van der Waals surface area contributed by atoms with E-state index in [2.05, 4.69) is 6.92 Å². The molecule has 2 fully saturated rings. The first kappa shape index (κ1) is 7.74. The summed E-state index contributed by atoms with van der Waals surface area (Å²) in [7, 11) is 0. The SMILES string of the molecule is C[C@@]12CCC[C@]13O[C@@H](C=CC3=O)C2. The van der Waals surface area contributed by atoms with Gasteiger partial charge >= 0.3 is 0 Å². The minimum absolute atomic E-state index is 0.123. The van der Waals surface area contributed by atoms with Crippen LogP contribution in [0.15, 0.2) is 12.2 Å². The molecule has 13 heavy (non-hydrogen) atoms. The third kappa shape index (κ3) is 0.715. The number of ether oxygens (including phenoxy) is 1. The Morgan fingerprint density at radius 3 is 3.23 bits per heavy atom. The molecule has 2 aliphatic heterocycles. The fourth-order valence-electron chi connectivity index (χ4n) is 3.36. The molecule has 3 atom stereocenters. The fraction of sp³-hybridized carbons (Fsp3) is 0.727. The molecule has 2 heterocycles. The second-order valence-corrected chi connectivity index (χ2v) is 4.83. The van der Waals surface area contributed by atoms with Gasteiger partial charge in [0, 0.05) is 5.41 Å². The summed E-state index contributed by atoms with van der Waals surface area (Å²) in [6.07, 6.45) is 8.14. The Morgan fingerprint density at radius 1 is 1.54 bits per heavy atom. The maximum atomic E-state index is 11.8. The third-order valence-electron chi connectivity index (χ3n) is 4.10. The van der Waals surface area contributed by atoms with Gasteiger partial charge < -0.3 is 4.74 Å². The van der Waals surface area contributed by atoms with Gasteiger partial charge in [-0.15, -0.1) is 0 Å². The van der Waals surface area contributed by atoms with Crippen LogP contribution >= 0.6 is 0 Å². The Balaban J connectivity index is 2.15. The van der Waals surface area contributed by atoms with Crippen LogP contribution in [-0.4, -0.2) is 17.5 Å². The Labute approximate surface area is 78.0 Å². The van der Waals surface area contributed by atoms with Crippen LogP contribution in [0.4, 0.5) is 0 Å².